The van der Waals surface area contributed by atoms with Crippen LogP contribution in [-0.2, 0) is 0 Å². The first-order valence-electron chi connectivity index (χ1n) is 6.38. The van der Waals surface area contributed by atoms with Crippen LogP contribution in [0.1, 0.15) is 26.2 Å². The molecule has 0 aliphatic heterocycles. The van der Waals surface area contributed by atoms with E-state index < -0.39 is 0 Å². The smallest absolute Gasteiger partial charge is 0.0454 e. The molecule has 0 bridgehead atoms. The second kappa shape index (κ2) is 5.01. The molecule has 2 nitrogen and oxygen atoms in total. The minimum Gasteiger partial charge on any atom is -0.327 e. The summed E-state index contributed by atoms with van der Waals surface area (Å²) in [7, 11) is 1.86. The number of nitrogens with two attached hydrogens (primary N) is 1. The highest BCUT2D eigenvalue weighted by molar-refractivity contribution is 6.03. The summed E-state index contributed by atoms with van der Waals surface area (Å²) in [5.41, 5.74) is 9.67. The first kappa shape index (κ1) is 12.3. The fourth-order valence-electron chi connectivity index (χ4n) is 2.86. The molecule has 2 N–H and O–H groups in total. The van der Waals surface area contributed by atoms with Crippen molar-refractivity contribution in [3.63, 3.8) is 0 Å². The van der Waals surface area contributed by atoms with Gasteiger partial charge in [0.2, 0.25) is 0 Å². The molecule has 0 heterocycles. The lowest BCUT2D eigenvalue weighted by Crippen LogP contribution is -2.27. The van der Waals surface area contributed by atoms with Crippen molar-refractivity contribution < 1.29 is 0 Å². The van der Waals surface area contributed by atoms with Crippen LogP contribution in [0.25, 0.3) is 0 Å². The molecule has 2 rings (SSSR count). The number of rotatable bonds is 3. The van der Waals surface area contributed by atoms with E-state index in [2.05, 4.69) is 29.8 Å². The lowest BCUT2D eigenvalue weighted by Gasteiger charge is -2.22. The normalized spacial score (nSPS) is 32.3. The van der Waals surface area contributed by atoms with E-state index in [0.717, 1.165) is 24.1 Å². The van der Waals surface area contributed by atoms with Gasteiger partial charge in [-0.2, -0.15) is 0 Å². The van der Waals surface area contributed by atoms with Gasteiger partial charge in [0, 0.05) is 25.2 Å². The van der Waals surface area contributed by atoms with Crippen LogP contribution in [0.15, 0.2) is 40.9 Å². The number of hydrogen-bond donors (Lipinski definition) is 1. The van der Waals surface area contributed by atoms with Crippen molar-refractivity contribution in [1.82, 2.24) is 0 Å². The van der Waals surface area contributed by atoms with Gasteiger partial charge in [0.05, 0.1) is 0 Å². The number of aliphatic imine (C=N–C) groups is 1. The molecule has 0 spiro atoms. The van der Waals surface area contributed by atoms with Crippen molar-refractivity contribution in [3.8, 4) is 0 Å². The zero-order valence-corrected chi connectivity index (χ0v) is 10.8. The highest BCUT2D eigenvalue weighted by atomic mass is 14.7. The van der Waals surface area contributed by atoms with Crippen molar-refractivity contribution >= 4 is 5.71 Å². The highest BCUT2D eigenvalue weighted by Gasteiger charge is 2.32. The van der Waals surface area contributed by atoms with Crippen LogP contribution in [-0.4, -0.2) is 18.8 Å². The Morgan fingerprint density at radius 3 is 2.94 bits per heavy atom. The van der Waals surface area contributed by atoms with Crippen molar-refractivity contribution in [3.05, 3.63) is 36.0 Å². The van der Waals surface area contributed by atoms with Gasteiger partial charge in [-0.3, -0.25) is 4.99 Å². The van der Waals surface area contributed by atoms with Gasteiger partial charge < -0.3 is 5.73 Å². The summed E-state index contributed by atoms with van der Waals surface area (Å²) in [5.74, 6) is 1.16. The van der Waals surface area contributed by atoms with Crippen LogP contribution in [0, 0.1) is 11.8 Å². The molecule has 1 fully saturated rings. The van der Waals surface area contributed by atoms with Gasteiger partial charge in [-0.15, -0.1) is 0 Å². The molecule has 0 aromatic heterocycles. The Hall–Kier alpha value is -1.15. The van der Waals surface area contributed by atoms with Crippen molar-refractivity contribution in [2.24, 2.45) is 22.6 Å². The van der Waals surface area contributed by atoms with Gasteiger partial charge in [-0.25, -0.2) is 0 Å². The molecule has 2 aliphatic carbocycles. The van der Waals surface area contributed by atoms with Crippen molar-refractivity contribution in [1.29, 1.82) is 0 Å². The van der Waals surface area contributed by atoms with Crippen LogP contribution in [0.3, 0.4) is 0 Å². The Kier molecular flexibility index (Phi) is 3.63. The minimum absolute atomic E-state index is 0.345. The first-order valence-corrected chi connectivity index (χ1v) is 6.38. The van der Waals surface area contributed by atoms with Gasteiger partial charge in [-0.05, 0) is 37.2 Å². The summed E-state index contributed by atoms with van der Waals surface area (Å²) in [4.78, 5) is 4.39. The zero-order chi connectivity index (χ0) is 12.4. The Balaban J connectivity index is 2.16. The summed E-state index contributed by atoms with van der Waals surface area (Å²) in [5, 5.41) is 0. The molecule has 92 valence electrons. The Morgan fingerprint density at radius 1 is 1.53 bits per heavy atom. The van der Waals surface area contributed by atoms with E-state index in [0.29, 0.717) is 17.9 Å². The van der Waals surface area contributed by atoms with E-state index in [1.807, 2.05) is 14.0 Å². The summed E-state index contributed by atoms with van der Waals surface area (Å²) in [6.07, 6.45) is 10.1. The molecule has 2 unspecified atom stereocenters. The maximum Gasteiger partial charge on any atom is 0.0454 e. The molecule has 0 saturated heterocycles. The number of allylic oxidation sites excluding steroid dienone is 4. The average molecular weight is 230 g/mol. The molecule has 2 aliphatic rings. The third-order valence-electron chi connectivity index (χ3n) is 3.79. The van der Waals surface area contributed by atoms with Gasteiger partial charge in [0.1, 0.15) is 0 Å². The van der Waals surface area contributed by atoms with Crippen LogP contribution in [0.4, 0.5) is 0 Å². The molecule has 3 atom stereocenters. The van der Waals surface area contributed by atoms with E-state index in [1.165, 1.54) is 12.0 Å². The van der Waals surface area contributed by atoms with Crippen molar-refractivity contribution in [2.75, 3.05) is 7.05 Å². The Bertz CT molecular complexity index is 401. The molecule has 0 aromatic carbocycles. The first-order chi connectivity index (χ1) is 8.11. The molecular weight excluding hydrogens is 208 g/mol. The maximum absolute atomic E-state index is 6.10. The standard InChI is InChI=1S/C15H22N2/c1-10(2)8-15(17-3)12-4-6-13-11(9-12)5-7-14(13)16/h4,6,9,11,13-14H,1,5,7-8,16H2,2-3H3/t11?,13?,14-/m0/s1. The average Bonchev–Trinajstić information content (AvgIpc) is 2.67. The van der Waals surface area contributed by atoms with Gasteiger partial charge in [-0.1, -0.05) is 30.4 Å². The quantitative estimate of drug-likeness (QED) is 0.587. The maximum atomic E-state index is 6.10. The lowest BCUT2D eigenvalue weighted by molar-refractivity contribution is 0.503. The summed E-state index contributed by atoms with van der Waals surface area (Å²) in [6.45, 7) is 6.01. The highest BCUT2D eigenvalue weighted by Crippen LogP contribution is 2.37. The fraction of sp³-hybridized carbons (Fsp3) is 0.533. The zero-order valence-electron chi connectivity index (χ0n) is 10.8. The van der Waals surface area contributed by atoms with Crippen LogP contribution in [0.2, 0.25) is 0 Å². The number of hydrogen-bond acceptors (Lipinski definition) is 2. The SMILES string of the molecule is C=C(C)CC(=NC)C1=CC2CC[C@H](N)C2C=C1. The summed E-state index contributed by atoms with van der Waals surface area (Å²) in [6, 6.07) is 0.345. The van der Waals surface area contributed by atoms with E-state index in [9.17, 15) is 0 Å². The summed E-state index contributed by atoms with van der Waals surface area (Å²) < 4.78 is 0. The van der Waals surface area contributed by atoms with Gasteiger partial charge >= 0.3 is 0 Å². The predicted octanol–water partition coefficient (Wildman–Crippen LogP) is 2.87. The molecule has 0 radical (unpaired) electrons. The second-order valence-electron chi connectivity index (χ2n) is 5.27. The van der Waals surface area contributed by atoms with Crippen molar-refractivity contribution in [2.45, 2.75) is 32.2 Å². The summed E-state index contributed by atoms with van der Waals surface area (Å²) >= 11 is 0. The topological polar surface area (TPSA) is 38.4 Å². The molecule has 2 heteroatoms. The minimum atomic E-state index is 0.345. The predicted molar refractivity (Wildman–Crippen MR) is 74.2 cm³/mol. The Morgan fingerprint density at radius 2 is 2.29 bits per heavy atom. The van der Waals surface area contributed by atoms with Gasteiger partial charge in [0.25, 0.3) is 0 Å². The number of nitrogens with zero attached hydrogens (tertiary/aromatic N) is 1. The Labute approximate surface area is 104 Å². The van der Waals surface area contributed by atoms with Crippen LogP contribution < -0.4 is 5.73 Å². The second-order valence-corrected chi connectivity index (χ2v) is 5.27. The largest absolute Gasteiger partial charge is 0.327 e. The van der Waals surface area contributed by atoms with E-state index in [4.69, 9.17) is 5.73 Å². The van der Waals surface area contributed by atoms with Gasteiger partial charge in [0.15, 0.2) is 0 Å². The molecule has 1 saturated carbocycles. The number of fused-ring (bicyclic) bond motifs is 1. The van der Waals surface area contributed by atoms with Crippen LogP contribution in [0.5, 0.6) is 0 Å². The monoisotopic (exact) mass is 230 g/mol. The van der Waals surface area contributed by atoms with E-state index >= 15 is 0 Å². The third-order valence-corrected chi connectivity index (χ3v) is 3.79. The molecular formula is C15H22N2. The van der Waals surface area contributed by atoms with Crippen LogP contribution >= 0.6 is 0 Å². The molecule has 0 aromatic rings. The van der Waals surface area contributed by atoms with E-state index in [-0.39, 0.29) is 0 Å². The fourth-order valence-corrected chi connectivity index (χ4v) is 2.86. The molecule has 0 amide bonds. The lowest BCUT2D eigenvalue weighted by atomic mass is 9.85. The third kappa shape index (κ3) is 2.58. The van der Waals surface area contributed by atoms with E-state index in [1.54, 1.807) is 0 Å². The molecule has 17 heavy (non-hydrogen) atoms.